The van der Waals surface area contributed by atoms with Gasteiger partial charge in [-0.1, -0.05) is 12.1 Å². The summed E-state index contributed by atoms with van der Waals surface area (Å²) in [5.74, 6) is -2.50. The number of halogens is 1. The molecule has 0 aromatic heterocycles. The number of hydrogen-bond donors (Lipinski definition) is 1. The number of aryl methyl sites for hydroxylation is 1. The van der Waals surface area contributed by atoms with E-state index in [0.29, 0.717) is 17.7 Å². The number of hydrogen-bond acceptors (Lipinski definition) is 6. The molecule has 0 saturated carbocycles. The fraction of sp³-hybridized carbons (Fsp3) is 0.389. The van der Waals surface area contributed by atoms with Crippen LogP contribution in [0.15, 0.2) is 34.6 Å². The van der Waals surface area contributed by atoms with Crippen LogP contribution in [0.2, 0.25) is 0 Å². The van der Waals surface area contributed by atoms with Gasteiger partial charge in [-0.3, -0.25) is 14.9 Å². The molecule has 3 rings (SSSR count). The van der Waals surface area contributed by atoms with Gasteiger partial charge < -0.3 is 9.64 Å². The van der Waals surface area contributed by atoms with E-state index in [1.165, 1.54) is 12.3 Å². The zero-order chi connectivity index (χ0) is 18.1. The van der Waals surface area contributed by atoms with Crippen molar-refractivity contribution in [2.45, 2.75) is 19.1 Å². The number of Topliss-reactive ketones (excluding diaryl/α,β-unsaturated/α-hetero) is 2. The SMILES string of the molecule is Cc1ccc([C@@H]2C(=O)C3=C(O[C@H](NCCN(C)C)C=N3)C2=O)cc1F. The Morgan fingerprint density at radius 1 is 1.28 bits per heavy atom. The predicted molar refractivity (Wildman–Crippen MR) is 90.8 cm³/mol. The van der Waals surface area contributed by atoms with Crippen molar-refractivity contribution < 1.29 is 18.7 Å². The number of carbonyl (C=O) groups is 2. The van der Waals surface area contributed by atoms with Crippen molar-refractivity contribution in [3.05, 3.63) is 46.6 Å². The molecular weight excluding hydrogens is 325 g/mol. The molecular formula is C18H20FN3O3. The molecule has 1 aromatic carbocycles. The Balaban J connectivity index is 1.76. The molecule has 1 heterocycles. The highest BCUT2D eigenvalue weighted by molar-refractivity contribution is 6.27. The lowest BCUT2D eigenvalue weighted by Gasteiger charge is -2.21. The number of ether oxygens (including phenoxy) is 1. The molecule has 0 amide bonds. The molecule has 7 heteroatoms. The number of aliphatic imine (C=N–C) groups is 1. The summed E-state index contributed by atoms with van der Waals surface area (Å²) in [6, 6.07) is 4.37. The van der Waals surface area contributed by atoms with Gasteiger partial charge in [0.15, 0.2) is 23.5 Å². The van der Waals surface area contributed by atoms with Gasteiger partial charge in [-0.05, 0) is 38.2 Å². The van der Waals surface area contributed by atoms with Crippen molar-refractivity contribution in [1.82, 2.24) is 10.2 Å². The van der Waals surface area contributed by atoms with Crippen LogP contribution in [0.3, 0.4) is 0 Å². The fourth-order valence-electron chi connectivity index (χ4n) is 2.77. The average molecular weight is 345 g/mol. The summed E-state index contributed by atoms with van der Waals surface area (Å²) in [5.41, 5.74) is 0.795. The normalized spacial score (nSPS) is 22.6. The van der Waals surface area contributed by atoms with Crippen LogP contribution in [0.4, 0.5) is 4.39 Å². The van der Waals surface area contributed by atoms with Crippen LogP contribution in [0.5, 0.6) is 0 Å². The van der Waals surface area contributed by atoms with Crippen molar-refractivity contribution in [3.8, 4) is 0 Å². The molecule has 2 atom stereocenters. The molecule has 1 aliphatic heterocycles. The van der Waals surface area contributed by atoms with Crippen LogP contribution in [-0.4, -0.2) is 56.1 Å². The first kappa shape index (κ1) is 17.4. The molecule has 6 nitrogen and oxygen atoms in total. The Bertz CT molecular complexity index is 786. The second-order valence-corrected chi connectivity index (χ2v) is 6.42. The van der Waals surface area contributed by atoms with Crippen molar-refractivity contribution in [2.24, 2.45) is 4.99 Å². The Morgan fingerprint density at radius 3 is 2.72 bits per heavy atom. The Morgan fingerprint density at radius 2 is 2.04 bits per heavy atom. The number of nitrogens with one attached hydrogen (secondary N) is 1. The molecule has 2 aliphatic rings. The maximum atomic E-state index is 13.8. The Hall–Kier alpha value is -2.38. The van der Waals surface area contributed by atoms with Crippen molar-refractivity contribution in [1.29, 1.82) is 0 Å². The van der Waals surface area contributed by atoms with Gasteiger partial charge in [-0.15, -0.1) is 0 Å². The summed E-state index contributed by atoms with van der Waals surface area (Å²) in [5, 5.41) is 3.10. The Labute approximate surface area is 145 Å². The quantitative estimate of drug-likeness (QED) is 0.811. The van der Waals surface area contributed by atoms with E-state index < -0.39 is 29.5 Å². The van der Waals surface area contributed by atoms with Gasteiger partial charge in [0, 0.05) is 13.1 Å². The van der Waals surface area contributed by atoms with Crippen LogP contribution in [0.1, 0.15) is 17.0 Å². The third-order valence-electron chi connectivity index (χ3n) is 4.21. The molecule has 1 aliphatic carbocycles. The number of carbonyl (C=O) groups excluding carboxylic acids is 2. The van der Waals surface area contributed by atoms with Crippen LogP contribution < -0.4 is 5.32 Å². The minimum absolute atomic E-state index is 0.0154. The molecule has 0 saturated heterocycles. The molecule has 1 aromatic rings. The van der Waals surface area contributed by atoms with E-state index in [9.17, 15) is 14.0 Å². The summed E-state index contributed by atoms with van der Waals surface area (Å²) in [6.45, 7) is 3.05. The highest BCUT2D eigenvalue weighted by Crippen LogP contribution is 2.36. The Kier molecular flexibility index (Phi) is 4.78. The van der Waals surface area contributed by atoms with E-state index in [-0.39, 0.29) is 11.5 Å². The largest absolute Gasteiger partial charge is 0.464 e. The van der Waals surface area contributed by atoms with E-state index >= 15 is 0 Å². The number of likely N-dealkylation sites (N-methyl/N-ethyl adjacent to an activating group) is 1. The number of rotatable bonds is 5. The van der Waals surface area contributed by atoms with Gasteiger partial charge in [0.05, 0.1) is 6.21 Å². The molecule has 0 radical (unpaired) electrons. The van der Waals surface area contributed by atoms with E-state index in [4.69, 9.17) is 4.74 Å². The molecule has 0 bridgehead atoms. The summed E-state index contributed by atoms with van der Waals surface area (Å²) >= 11 is 0. The molecule has 25 heavy (non-hydrogen) atoms. The topological polar surface area (TPSA) is 71.0 Å². The number of benzene rings is 1. The average Bonchev–Trinajstić information content (AvgIpc) is 2.81. The van der Waals surface area contributed by atoms with E-state index in [2.05, 4.69) is 10.3 Å². The number of ketones is 2. The molecule has 0 fully saturated rings. The minimum atomic E-state index is -1.09. The second-order valence-electron chi connectivity index (χ2n) is 6.42. The zero-order valence-electron chi connectivity index (χ0n) is 14.4. The second kappa shape index (κ2) is 6.85. The highest BCUT2D eigenvalue weighted by Gasteiger charge is 2.45. The highest BCUT2D eigenvalue weighted by atomic mass is 19.1. The first-order valence-corrected chi connectivity index (χ1v) is 8.06. The summed E-state index contributed by atoms with van der Waals surface area (Å²) < 4.78 is 19.4. The fourth-order valence-corrected chi connectivity index (χ4v) is 2.77. The molecule has 0 spiro atoms. The standard InChI is InChI=1S/C18H20FN3O3/c1-10-4-5-11(8-12(10)19)14-16(23)15-18(17(14)24)25-13(9-21-15)20-6-7-22(2)3/h4-5,8-9,13-14,20H,6-7H2,1-3H3/t13-,14+/m0/s1. The lowest BCUT2D eigenvalue weighted by atomic mass is 9.93. The third kappa shape index (κ3) is 3.38. The van der Waals surface area contributed by atoms with Crippen molar-refractivity contribution >= 4 is 17.8 Å². The first-order chi connectivity index (χ1) is 11.9. The van der Waals surface area contributed by atoms with Gasteiger partial charge in [0.25, 0.3) is 0 Å². The third-order valence-corrected chi connectivity index (χ3v) is 4.21. The van der Waals surface area contributed by atoms with E-state index in [1.807, 2.05) is 19.0 Å². The number of nitrogens with zero attached hydrogens (tertiary/aromatic N) is 2. The van der Waals surface area contributed by atoms with Crippen LogP contribution in [-0.2, 0) is 14.3 Å². The summed E-state index contributed by atoms with van der Waals surface area (Å²) in [4.78, 5) is 31.3. The molecule has 132 valence electrons. The first-order valence-electron chi connectivity index (χ1n) is 8.06. The van der Waals surface area contributed by atoms with Gasteiger partial charge in [0.2, 0.25) is 5.78 Å². The maximum Gasteiger partial charge on any atom is 0.215 e. The lowest BCUT2D eigenvalue weighted by Crippen LogP contribution is -2.39. The zero-order valence-corrected chi connectivity index (χ0v) is 14.4. The monoisotopic (exact) mass is 345 g/mol. The van der Waals surface area contributed by atoms with Crippen LogP contribution >= 0.6 is 0 Å². The van der Waals surface area contributed by atoms with Crippen LogP contribution in [0.25, 0.3) is 0 Å². The van der Waals surface area contributed by atoms with Crippen LogP contribution in [0, 0.1) is 12.7 Å². The lowest BCUT2D eigenvalue weighted by molar-refractivity contribution is -0.124. The predicted octanol–water partition coefficient (Wildman–Crippen LogP) is 1.16. The van der Waals surface area contributed by atoms with E-state index in [1.54, 1.807) is 19.1 Å². The summed E-state index contributed by atoms with van der Waals surface area (Å²) in [6.07, 6.45) is 0.904. The van der Waals surface area contributed by atoms with Crippen molar-refractivity contribution in [2.75, 3.05) is 27.2 Å². The van der Waals surface area contributed by atoms with Gasteiger partial charge in [-0.25, -0.2) is 9.38 Å². The minimum Gasteiger partial charge on any atom is -0.464 e. The van der Waals surface area contributed by atoms with Gasteiger partial charge in [-0.2, -0.15) is 0 Å². The molecule has 1 N–H and O–H groups in total. The van der Waals surface area contributed by atoms with Crippen molar-refractivity contribution in [3.63, 3.8) is 0 Å². The summed E-state index contributed by atoms with van der Waals surface area (Å²) in [7, 11) is 3.89. The molecule has 0 unspecified atom stereocenters. The van der Waals surface area contributed by atoms with Gasteiger partial charge in [0.1, 0.15) is 11.7 Å². The smallest absolute Gasteiger partial charge is 0.215 e. The maximum absolute atomic E-state index is 13.8. The van der Waals surface area contributed by atoms with Gasteiger partial charge >= 0.3 is 0 Å². The number of allylic oxidation sites excluding steroid dienone is 2. The van der Waals surface area contributed by atoms with E-state index in [0.717, 1.165) is 6.54 Å².